The maximum absolute atomic E-state index is 10.9. The molecule has 0 bridgehead atoms. The van der Waals surface area contributed by atoms with E-state index in [2.05, 4.69) is 5.32 Å². The zero-order chi connectivity index (χ0) is 10.8. The molecule has 0 unspecified atom stereocenters. The molecule has 0 aliphatic carbocycles. The van der Waals surface area contributed by atoms with E-state index in [0.29, 0.717) is 11.5 Å². The van der Waals surface area contributed by atoms with E-state index in [0.717, 1.165) is 30.8 Å². The molecule has 0 aromatic carbocycles. The highest BCUT2D eigenvalue weighted by Gasteiger charge is 2.20. The third kappa shape index (κ3) is 2.21. The van der Waals surface area contributed by atoms with E-state index < -0.39 is 5.97 Å². The van der Waals surface area contributed by atoms with Crippen LogP contribution in [-0.4, -0.2) is 24.2 Å². The summed E-state index contributed by atoms with van der Waals surface area (Å²) < 4.78 is 0. The number of rotatable bonds is 2. The molecule has 2 heterocycles. The Hall–Kier alpha value is -0.870. The summed E-state index contributed by atoms with van der Waals surface area (Å²) in [5.41, 5.74) is 0.480. The van der Waals surface area contributed by atoms with Gasteiger partial charge in [-0.3, -0.25) is 0 Å². The first-order valence-electron chi connectivity index (χ1n) is 5.23. The van der Waals surface area contributed by atoms with Crippen LogP contribution >= 0.6 is 11.3 Å². The molecule has 1 aliphatic heterocycles. The van der Waals surface area contributed by atoms with Crippen LogP contribution in [0.2, 0.25) is 0 Å². The molecule has 3 nitrogen and oxygen atoms in total. The highest BCUT2D eigenvalue weighted by molar-refractivity contribution is 7.12. The van der Waals surface area contributed by atoms with Gasteiger partial charge in [0.1, 0.15) is 0 Å². The van der Waals surface area contributed by atoms with Crippen molar-refractivity contribution in [3.63, 3.8) is 0 Å². The molecule has 0 amide bonds. The lowest BCUT2D eigenvalue weighted by molar-refractivity contribution is 0.0696. The summed E-state index contributed by atoms with van der Waals surface area (Å²) in [6.45, 7) is 3.98. The van der Waals surface area contributed by atoms with E-state index in [4.69, 9.17) is 5.11 Å². The highest BCUT2D eigenvalue weighted by atomic mass is 32.1. The van der Waals surface area contributed by atoms with E-state index in [1.807, 2.05) is 13.0 Å². The lowest BCUT2D eigenvalue weighted by Gasteiger charge is -2.21. The Bertz CT molecular complexity index is 367. The summed E-state index contributed by atoms with van der Waals surface area (Å²) in [5, 5.41) is 12.3. The van der Waals surface area contributed by atoms with Gasteiger partial charge in [-0.2, -0.15) is 0 Å². The van der Waals surface area contributed by atoms with E-state index in [9.17, 15) is 4.79 Å². The minimum Gasteiger partial charge on any atom is -0.478 e. The monoisotopic (exact) mass is 225 g/mol. The molecular weight excluding hydrogens is 210 g/mol. The molecule has 1 saturated heterocycles. The second-order valence-electron chi connectivity index (χ2n) is 3.95. The lowest BCUT2D eigenvalue weighted by atomic mass is 9.96. The van der Waals surface area contributed by atoms with Gasteiger partial charge in [-0.15, -0.1) is 11.3 Å². The zero-order valence-corrected chi connectivity index (χ0v) is 9.56. The molecule has 82 valence electrons. The first-order chi connectivity index (χ1) is 7.18. The Morgan fingerprint density at radius 2 is 2.20 bits per heavy atom. The second kappa shape index (κ2) is 4.33. The van der Waals surface area contributed by atoms with Crippen LogP contribution in [0.15, 0.2) is 6.07 Å². The van der Waals surface area contributed by atoms with Gasteiger partial charge in [0.15, 0.2) is 0 Å². The van der Waals surface area contributed by atoms with Crippen molar-refractivity contribution in [3.05, 3.63) is 21.4 Å². The van der Waals surface area contributed by atoms with Gasteiger partial charge in [0, 0.05) is 9.75 Å². The predicted molar refractivity (Wildman–Crippen MR) is 60.9 cm³/mol. The van der Waals surface area contributed by atoms with Crippen molar-refractivity contribution in [2.45, 2.75) is 25.7 Å². The Kier molecular flexibility index (Phi) is 3.07. The fourth-order valence-corrected chi connectivity index (χ4v) is 3.21. The molecular formula is C11H15NO2S. The molecule has 0 saturated carbocycles. The van der Waals surface area contributed by atoms with E-state index in [1.54, 1.807) is 11.3 Å². The molecule has 4 heteroatoms. The SMILES string of the molecule is Cc1sc(C2CCNCC2)cc1C(=O)O. The number of aryl methyl sites for hydroxylation is 1. The van der Waals surface area contributed by atoms with Crippen molar-refractivity contribution in [1.29, 1.82) is 0 Å². The average molecular weight is 225 g/mol. The molecule has 0 spiro atoms. The van der Waals surface area contributed by atoms with Gasteiger partial charge >= 0.3 is 5.97 Å². The van der Waals surface area contributed by atoms with Crippen LogP contribution in [0.4, 0.5) is 0 Å². The average Bonchev–Trinajstić information content (AvgIpc) is 2.62. The number of nitrogens with one attached hydrogen (secondary N) is 1. The lowest BCUT2D eigenvalue weighted by Crippen LogP contribution is -2.26. The molecule has 1 aliphatic rings. The summed E-state index contributed by atoms with van der Waals surface area (Å²) >= 11 is 1.64. The second-order valence-corrected chi connectivity index (χ2v) is 5.24. The fourth-order valence-electron chi connectivity index (χ4n) is 2.03. The molecule has 1 fully saturated rings. The molecule has 0 radical (unpaired) electrons. The quantitative estimate of drug-likeness (QED) is 0.811. The largest absolute Gasteiger partial charge is 0.478 e. The molecule has 2 N–H and O–H groups in total. The molecule has 15 heavy (non-hydrogen) atoms. The smallest absolute Gasteiger partial charge is 0.336 e. The maximum Gasteiger partial charge on any atom is 0.336 e. The molecule has 2 rings (SSSR count). The first kappa shape index (κ1) is 10.6. The van der Waals surface area contributed by atoms with E-state index in [1.165, 1.54) is 4.88 Å². The fraction of sp³-hybridized carbons (Fsp3) is 0.545. The van der Waals surface area contributed by atoms with Crippen LogP contribution in [-0.2, 0) is 0 Å². The number of aromatic carboxylic acids is 1. The minimum absolute atomic E-state index is 0.480. The van der Waals surface area contributed by atoms with E-state index in [-0.39, 0.29) is 0 Å². The van der Waals surface area contributed by atoms with Crippen molar-refractivity contribution in [2.75, 3.05) is 13.1 Å². The van der Waals surface area contributed by atoms with E-state index >= 15 is 0 Å². The van der Waals surface area contributed by atoms with Crippen LogP contribution in [0, 0.1) is 6.92 Å². The third-order valence-electron chi connectivity index (χ3n) is 2.91. The summed E-state index contributed by atoms with van der Waals surface area (Å²) in [6, 6.07) is 1.86. The zero-order valence-electron chi connectivity index (χ0n) is 8.75. The topological polar surface area (TPSA) is 49.3 Å². The van der Waals surface area contributed by atoms with Gasteiger partial charge in [-0.1, -0.05) is 0 Å². The van der Waals surface area contributed by atoms with Crippen molar-refractivity contribution in [1.82, 2.24) is 5.32 Å². The maximum atomic E-state index is 10.9. The first-order valence-corrected chi connectivity index (χ1v) is 6.04. The number of hydrogen-bond acceptors (Lipinski definition) is 3. The van der Waals surface area contributed by atoms with Crippen LogP contribution in [0.5, 0.6) is 0 Å². The van der Waals surface area contributed by atoms with Crippen molar-refractivity contribution in [2.24, 2.45) is 0 Å². The van der Waals surface area contributed by atoms with Crippen molar-refractivity contribution in [3.8, 4) is 0 Å². The third-order valence-corrected chi connectivity index (χ3v) is 4.12. The number of piperidine rings is 1. The van der Waals surface area contributed by atoms with Crippen LogP contribution in [0.1, 0.15) is 38.9 Å². The number of thiophene rings is 1. The van der Waals surface area contributed by atoms with Gasteiger partial charge in [-0.25, -0.2) is 4.79 Å². The van der Waals surface area contributed by atoms with Crippen molar-refractivity contribution < 1.29 is 9.90 Å². The summed E-state index contributed by atoms with van der Waals surface area (Å²) in [7, 11) is 0. The summed E-state index contributed by atoms with van der Waals surface area (Å²) in [5.74, 6) is -0.244. The molecule has 0 atom stereocenters. The standard InChI is InChI=1S/C11H15NO2S/c1-7-9(11(13)14)6-10(15-7)8-2-4-12-5-3-8/h6,8,12H,2-5H2,1H3,(H,13,14). The van der Waals surface area contributed by atoms with Crippen LogP contribution in [0.3, 0.4) is 0 Å². The Labute approximate surface area is 93.1 Å². The Morgan fingerprint density at radius 3 is 2.73 bits per heavy atom. The van der Waals surface area contributed by atoms with Gasteiger partial charge in [0.05, 0.1) is 5.56 Å². The number of carbonyl (C=O) groups is 1. The van der Waals surface area contributed by atoms with Gasteiger partial charge < -0.3 is 10.4 Å². The van der Waals surface area contributed by atoms with Crippen molar-refractivity contribution >= 4 is 17.3 Å². The summed E-state index contributed by atoms with van der Waals surface area (Å²) in [6.07, 6.45) is 2.25. The number of hydrogen-bond donors (Lipinski definition) is 2. The predicted octanol–water partition coefficient (Wildman–Crippen LogP) is 2.22. The van der Waals surface area contributed by atoms with Gasteiger partial charge in [0.25, 0.3) is 0 Å². The Morgan fingerprint density at radius 1 is 1.53 bits per heavy atom. The normalized spacial score (nSPS) is 17.9. The highest BCUT2D eigenvalue weighted by Crippen LogP contribution is 2.33. The molecule has 1 aromatic heterocycles. The number of carboxylic acid groups (broad SMARTS) is 1. The van der Waals surface area contributed by atoms with Gasteiger partial charge in [0.2, 0.25) is 0 Å². The van der Waals surface area contributed by atoms with Crippen LogP contribution in [0.25, 0.3) is 0 Å². The van der Waals surface area contributed by atoms with Gasteiger partial charge in [-0.05, 0) is 44.8 Å². The molecule has 1 aromatic rings. The minimum atomic E-state index is -0.802. The number of carboxylic acids is 1. The van der Waals surface area contributed by atoms with Crippen LogP contribution < -0.4 is 5.32 Å². The Balaban J connectivity index is 2.21. The summed E-state index contributed by atoms with van der Waals surface area (Å²) in [4.78, 5) is 13.1.